The molecule has 0 bridgehead atoms. The van der Waals surface area contributed by atoms with Gasteiger partial charge in [-0.15, -0.1) is 0 Å². The summed E-state index contributed by atoms with van der Waals surface area (Å²) in [4.78, 5) is 55.7. The standard InChI is InChI=1S/C35H39Cl3N4O6/c1-22-7-5-8-25(36)29(22)31(43)40-28(33(45)47-20-19-41-15-17-42(18-16-41)34(46)48-35(2,3)4)21-23-11-13-24(14-12-23)39-32(44)30-26(37)9-6-10-27(30)38/h5-14,28H,15-21H2,1-4H3,(H,39,44)(H,40,43)/t28-/m0/s1. The number of piperazine rings is 1. The van der Waals surface area contributed by atoms with Crippen molar-refractivity contribution in [3.05, 3.63) is 98.0 Å². The number of hydrogen-bond acceptors (Lipinski definition) is 7. The molecule has 1 saturated heterocycles. The lowest BCUT2D eigenvalue weighted by Crippen LogP contribution is -2.51. The highest BCUT2D eigenvalue weighted by Gasteiger charge is 2.28. The number of amides is 3. The number of esters is 1. The fourth-order valence-electron chi connectivity index (χ4n) is 5.07. The molecule has 13 heteroatoms. The molecular formula is C35H39Cl3N4O6. The number of nitrogens with one attached hydrogen (secondary N) is 2. The lowest BCUT2D eigenvalue weighted by atomic mass is 10.0. The van der Waals surface area contributed by atoms with E-state index in [0.717, 1.165) is 0 Å². The van der Waals surface area contributed by atoms with Crippen molar-refractivity contribution in [1.29, 1.82) is 0 Å². The van der Waals surface area contributed by atoms with E-state index in [1.165, 1.54) is 0 Å². The molecule has 10 nitrogen and oxygen atoms in total. The molecule has 2 N–H and O–H groups in total. The van der Waals surface area contributed by atoms with Gasteiger partial charge in [-0.1, -0.05) is 65.1 Å². The van der Waals surface area contributed by atoms with Gasteiger partial charge in [-0.2, -0.15) is 0 Å². The van der Waals surface area contributed by atoms with Crippen LogP contribution in [-0.4, -0.2) is 84.7 Å². The van der Waals surface area contributed by atoms with Crippen LogP contribution in [0.5, 0.6) is 0 Å². The maximum Gasteiger partial charge on any atom is 0.410 e. The summed E-state index contributed by atoms with van der Waals surface area (Å²) in [5, 5.41) is 6.29. The summed E-state index contributed by atoms with van der Waals surface area (Å²) >= 11 is 18.7. The van der Waals surface area contributed by atoms with Crippen LogP contribution in [0.15, 0.2) is 60.7 Å². The SMILES string of the molecule is Cc1cccc(Cl)c1C(=O)N[C@@H](Cc1ccc(NC(=O)c2c(Cl)cccc2Cl)cc1)C(=O)OCCN1CCN(C(=O)OC(C)(C)C)CC1. The molecule has 1 atom stereocenters. The van der Waals surface area contributed by atoms with Crippen LogP contribution in [0.25, 0.3) is 0 Å². The zero-order valence-corrected chi connectivity index (χ0v) is 29.5. The number of carbonyl (C=O) groups excluding carboxylic acids is 4. The number of nitrogens with zero attached hydrogens (tertiary/aromatic N) is 2. The minimum atomic E-state index is -1.03. The summed E-state index contributed by atoms with van der Waals surface area (Å²) in [5.41, 5.74) is 1.73. The smallest absolute Gasteiger partial charge is 0.410 e. The van der Waals surface area contributed by atoms with Gasteiger partial charge in [0.25, 0.3) is 11.8 Å². The van der Waals surface area contributed by atoms with Crippen LogP contribution in [0.4, 0.5) is 10.5 Å². The molecule has 48 heavy (non-hydrogen) atoms. The van der Waals surface area contributed by atoms with Crippen molar-refractivity contribution in [3.8, 4) is 0 Å². The first-order chi connectivity index (χ1) is 22.7. The van der Waals surface area contributed by atoms with E-state index in [1.54, 1.807) is 72.5 Å². The first-order valence-electron chi connectivity index (χ1n) is 15.5. The predicted molar refractivity (Wildman–Crippen MR) is 187 cm³/mol. The maximum absolute atomic E-state index is 13.4. The van der Waals surface area contributed by atoms with Gasteiger partial charge in [-0.05, 0) is 69.2 Å². The third-order valence-corrected chi connectivity index (χ3v) is 8.50. The molecular weight excluding hydrogens is 679 g/mol. The number of rotatable bonds is 10. The van der Waals surface area contributed by atoms with Gasteiger partial charge in [0, 0.05) is 44.8 Å². The minimum Gasteiger partial charge on any atom is -0.463 e. The third kappa shape index (κ3) is 10.3. The molecule has 0 aliphatic carbocycles. The Morgan fingerprint density at radius 1 is 0.812 bits per heavy atom. The van der Waals surface area contributed by atoms with E-state index in [9.17, 15) is 19.2 Å². The molecule has 1 aliphatic heterocycles. The Hall–Kier alpha value is -3.83. The number of ether oxygens (including phenoxy) is 2. The molecule has 0 aromatic heterocycles. The Bertz CT molecular complexity index is 1600. The fourth-order valence-corrected chi connectivity index (χ4v) is 5.94. The van der Waals surface area contributed by atoms with Crippen molar-refractivity contribution in [2.75, 3.05) is 44.6 Å². The van der Waals surface area contributed by atoms with E-state index < -0.39 is 29.4 Å². The molecule has 0 saturated carbocycles. The number of hydrogen-bond donors (Lipinski definition) is 2. The van der Waals surface area contributed by atoms with Crippen LogP contribution in [0.1, 0.15) is 52.6 Å². The topological polar surface area (TPSA) is 117 Å². The van der Waals surface area contributed by atoms with Crippen molar-refractivity contribution < 1.29 is 28.7 Å². The zero-order chi connectivity index (χ0) is 35.0. The molecule has 1 aliphatic rings. The fraction of sp³-hybridized carbons (Fsp3) is 0.371. The number of aryl methyl sites for hydroxylation is 1. The minimum absolute atomic E-state index is 0.0956. The number of carbonyl (C=O) groups is 4. The van der Waals surface area contributed by atoms with Crippen molar-refractivity contribution in [1.82, 2.24) is 15.1 Å². The third-order valence-electron chi connectivity index (χ3n) is 7.56. The first kappa shape index (κ1) is 37.0. The molecule has 1 heterocycles. The quantitative estimate of drug-likeness (QED) is 0.226. The second kappa shape index (κ2) is 16.5. The molecule has 0 spiro atoms. The van der Waals surface area contributed by atoms with Gasteiger partial charge in [-0.3, -0.25) is 14.5 Å². The monoisotopic (exact) mass is 716 g/mol. The highest BCUT2D eigenvalue weighted by Crippen LogP contribution is 2.26. The number of anilines is 1. The van der Waals surface area contributed by atoms with Crippen LogP contribution in [0, 0.1) is 6.92 Å². The van der Waals surface area contributed by atoms with Crippen LogP contribution >= 0.6 is 34.8 Å². The van der Waals surface area contributed by atoms with Crippen LogP contribution < -0.4 is 10.6 Å². The zero-order valence-electron chi connectivity index (χ0n) is 27.3. The Kier molecular flexibility index (Phi) is 12.7. The van der Waals surface area contributed by atoms with Gasteiger partial charge < -0.3 is 25.0 Å². The molecule has 0 radical (unpaired) electrons. The average Bonchev–Trinajstić information content (AvgIpc) is 3.01. The Labute approximate surface area is 295 Å². The van der Waals surface area contributed by atoms with Gasteiger partial charge >= 0.3 is 12.1 Å². The van der Waals surface area contributed by atoms with E-state index in [1.807, 2.05) is 20.8 Å². The first-order valence-corrected chi connectivity index (χ1v) is 16.6. The number of benzene rings is 3. The lowest BCUT2D eigenvalue weighted by molar-refractivity contribution is -0.146. The van der Waals surface area contributed by atoms with Gasteiger partial charge in [0.15, 0.2) is 0 Å². The van der Waals surface area contributed by atoms with E-state index in [2.05, 4.69) is 15.5 Å². The Morgan fingerprint density at radius 3 is 1.98 bits per heavy atom. The summed E-state index contributed by atoms with van der Waals surface area (Å²) in [6.45, 7) is 10.0. The largest absolute Gasteiger partial charge is 0.463 e. The van der Waals surface area contributed by atoms with Gasteiger partial charge in [-0.25, -0.2) is 9.59 Å². The average molecular weight is 718 g/mol. The second-order valence-corrected chi connectivity index (χ2v) is 13.6. The summed E-state index contributed by atoms with van der Waals surface area (Å²) in [5.74, 6) is -1.57. The van der Waals surface area contributed by atoms with Crippen molar-refractivity contribution >= 4 is 64.4 Å². The summed E-state index contributed by atoms with van der Waals surface area (Å²) in [6, 6.07) is 15.7. The van der Waals surface area contributed by atoms with Crippen molar-refractivity contribution in [2.24, 2.45) is 0 Å². The molecule has 3 aromatic carbocycles. The van der Waals surface area contributed by atoms with Crippen LogP contribution in [0.3, 0.4) is 0 Å². The molecule has 3 aromatic rings. The number of halogens is 3. The van der Waals surface area contributed by atoms with Crippen molar-refractivity contribution in [2.45, 2.75) is 45.8 Å². The van der Waals surface area contributed by atoms with Gasteiger partial charge in [0.05, 0.1) is 26.2 Å². The summed E-state index contributed by atoms with van der Waals surface area (Å²) in [6.07, 6.45) is -0.228. The van der Waals surface area contributed by atoms with Crippen LogP contribution in [0.2, 0.25) is 15.1 Å². The molecule has 3 amide bonds. The normalized spacial score (nSPS) is 14.2. The highest BCUT2D eigenvalue weighted by atomic mass is 35.5. The second-order valence-electron chi connectivity index (χ2n) is 12.4. The molecule has 4 rings (SSSR count). The Morgan fingerprint density at radius 2 is 1.40 bits per heavy atom. The predicted octanol–water partition coefficient (Wildman–Crippen LogP) is 6.64. The van der Waals surface area contributed by atoms with E-state index in [-0.39, 0.29) is 45.3 Å². The van der Waals surface area contributed by atoms with E-state index >= 15 is 0 Å². The molecule has 256 valence electrons. The molecule has 0 unspecified atom stereocenters. The van der Waals surface area contributed by atoms with E-state index in [4.69, 9.17) is 44.3 Å². The lowest BCUT2D eigenvalue weighted by Gasteiger charge is -2.35. The van der Waals surface area contributed by atoms with Gasteiger partial charge in [0.2, 0.25) is 0 Å². The Balaban J connectivity index is 1.39. The highest BCUT2D eigenvalue weighted by molar-refractivity contribution is 6.40. The summed E-state index contributed by atoms with van der Waals surface area (Å²) in [7, 11) is 0. The van der Waals surface area contributed by atoms with Crippen LogP contribution in [-0.2, 0) is 20.7 Å². The maximum atomic E-state index is 13.4. The summed E-state index contributed by atoms with van der Waals surface area (Å²) < 4.78 is 11.1. The van der Waals surface area contributed by atoms with Gasteiger partial charge in [0.1, 0.15) is 18.2 Å². The molecule has 1 fully saturated rings. The van der Waals surface area contributed by atoms with E-state index in [0.29, 0.717) is 49.5 Å². The van der Waals surface area contributed by atoms with Crippen molar-refractivity contribution in [3.63, 3.8) is 0 Å².